The van der Waals surface area contributed by atoms with Crippen LogP contribution in [-0.2, 0) is 11.3 Å². The molecule has 0 radical (unpaired) electrons. The van der Waals surface area contributed by atoms with Gasteiger partial charge in [0.05, 0.1) is 11.6 Å². The highest BCUT2D eigenvalue weighted by molar-refractivity contribution is 5.80. The van der Waals surface area contributed by atoms with E-state index < -0.39 is 0 Å². The van der Waals surface area contributed by atoms with Crippen LogP contribution in [0.25, 0.3) is 0 Å². The highest BCUT2D eigenvalue weighted by atomic mass is 16.5. The number of carbonyl (C=O) groups excluding carboxylic acids is 2. The van der Waals surface area contributed by atoms with E-state index in [9.17, 15) is 9.59 Å². The third-order valence-corrected chi connectivity index (χ3v) is 2.35. The number of hydrogen-bond acceptors (Lipinski definition) is 5. The van der Waals surface area contributed by atoms with Crippen LogP contribution in [0.4, 0.5) is 0 Å². The van der Waals surface area contributed by atoms with E-state index in [1.165, 1.54) is 6.20 Å². The molecular weight excluding hydrogens is 220 g/mol. The van der Waals surface area contributed by atoms with Gasteiger partial charge in [0.1, 0.15) is 0 Å². The van der Waals surface area contributed by atoms with Gasteiger partial charge in [0.2, 0.25) is 0 Å². The second-order valence-electron chi connectivity index (χ2n) is 4.00. The smallest absolute Gasteiger partial charge is 0.313 e. The van der Waals surface area contributed by atoms with Crippen LogP contribution in [0.1, 0.15) is 35.5 Å². The minimum absolute atomic E-state index is 0.123. The Labute approximate surface area is 100.0 Å². The molecule has 5 heteroatoms. The average molecular weight is 236 g/mol. The van der Waals surface area contributed by atoms with E-state index >= 15 is 0 Å². The van der Waals surface area contributed by atoms with Crippen molar-refractivity contribution in [3.05, 3.63) is 23.0 Å². The average Bonchev–Trinajstić information content (AvgIpc) is 2.31. The van der Waals surface area contributed by atoms with Gasteiger partial charge in [-0.3, -0.25) is 14.6 Å². The molecule has 0 amide bonds. The van der Waals surface area contributed by atoms with E-state index in [2.05, 4.69) is 4.98 Å². The Bertz CT molecular complexity index is 442. The standard InChI is InChI=1S/C12H16N2O3/c1-7(2)12(16)17-11-8(3)14-5-9(6-15)10(11)4-13/h5-7H,4,13H2,1-3H3. The zero-order valence-corrected chi connectivity index (χ0v) is 10.2. The van der Waals surface area contributed by atoms with Crippen molar-refractivity contribution in [1.82, 2.24) is 4.98 Å². The Morgan fingerprint density at radius 3 is 2.71 bits per heavy atom. The lowest BCUT2D eigenvalue weighted by Gasteiger charge is -2.13. The van der Waals surface area contributed by atoms with E-state index in [1.54, 1.807) is 20.8 Å². The van der Waals surface area contributed by atoms with Gasteiger partial charge in [-0.25, -0.2) is 0 Å². The van der Waals surface area contributed by atoms with Crippen LogP contribution < -0.4 is 10.5 Å². The van der Waals surface area contributed by atoms with Crippen molar-refractivity contribution in [2.24, 2.45) is 11.7 Å². The van der Waals surface area contributed by atoms with Gasteiger partial charge in [-0.15, -0.1) is 0 Å². The number of esters is 1. The Morgan fingerprint density at radius 2 is 2.24 bits per heavy atom. The summed E-state index contributed by atoms with van der Waals surface area (Å²) in [7, 11) is 0. The van der Waals surface area contributed by atoms with E-state index in [0.29, 0.717) is 28.9 Å². The first-order chi connectivity index (χ1) is 8.01. The summed E-state index contributed by atoms with van der Waals surface area (Å²) in [4.78, 5) is 26.4. The van der Waals surface area contributed by atoms with E-state index in [4.69, 9.17) is 10.5 Å². The van der Waals surface area contributed by atoms with Gasteiger partial charge >= 0.3 is 5.97 Å². The molecule has 0 bridgehead atoms. The van der Waals surface area contributed by atoms with E-state index in [-0.39, 0.29) is 18.4 Å². The molecule has 5 nitrogen and oxygen atoms in total. The molecule has 2 N–H and O–H groups in total. The van der Waals surface area contributed by atoms with Crippen LogP contribution in [0, 0.1) is 12.8 Å². The second-order valence-corrected chi connectivity index (χ2v) is 4.00. The van der Waals surface area contributed by atoms with Crippen molar-refractivity contribution in [3.8, 4) is 5.75 Å². The summed E-state index contributed by atoms with van der Waals surface area (Å²) in [6, 6.07) is 0. The predicted octanol–water partition coefficient (Wildman–Crippen LogP) is 1.22. The lowest BCUT2D eigenvalue weighted by molar-refractivity contribution is -0.137. The van der Waals surface area contributed by atoms with Crippen molar-refractivity contribution >= 4 is 12.3 Å². The number of nitrogens with zero attached hydrogens (tertiary/aromatic N) is 1. The third-order valence-electron chi connectivity index (χ3n) is 2.35. The maximum absolute atomic E-state index is 11.6. The number of aromatic nitrogens is 1. The van der Waals surface area contributed by atoms with Crippen molar-refractivity contribution in [1.29, 1.82) is 0 Å². The fourth-order valence-corrected chi connectivity index (χ4v) is 1.32. The SMILES string of the molecule is Cc1ncc(C=O)c(CN)c1OC(=O)C(C)C. The highest BCUT2D eigenvalue weighted by Crippen LogP contribution is 2.24. The van der Waals surface area contributed by atoms with Crippen LogP contribution in [0.5, 0.6) is 5.75 Å². The van der Waals surface area contributed by atoms with Crippen LogP contribution in [0.3, 0.4) is 0 Å². The lowest BCUT2D eigenvalue weighted by Crippen LogP contribution is -2.18. The predicted molar refractivity (Wildman–Crippen MR) is 62.7 cm³/mol. The van der Waals surface area contributed by atoms with Gasteiger partial charge in [-0.1, -0.05) is 13.8 Å². The van der Waals surface area contributed by atoms with Crippen molar-refractivity contribution in [3.63, 3.8) is 0 Å². The topological polar surface area (TPSA) is 82.3 Å². The molecule has 1 heterocycles. The molecule has 0 spiro atoms. The number of nitrogens with two attached hydrogens (primary N) is 1. The minimum Gasteiger partial charge on any atom is -0.424 e. The van der Waals surface area contributed by atoms with E-state index in [0.717, 1.165) is 0 Å². The zero-order valence-electron chi connectivity index (χ0n) is 10.2. The first-order valence-electron chi connectivity index (χ1n) is 5.36. The highest BCUT2D eigenvalue weighted by Gasteiger charge is 2.17. The third kappa shape index (κ3) is 2.88. The Balaban J connectivity index is 3.20. The number of carbonyl (C=O) groups is 2. The van der Waals surface area contributed by atoms with Crippen LogP contribution >= 0.6 is 0 Å². The van der Waals surface area contributed by atoms with Gasteiger partial charge < -0.3 is 10.5 Å². The van der Waals surface area contributed by atoms with Gasteiger partial charge in [0, 0.05) is 23.9 Å². The Kier molecular flexibility index (Phi) is 4.34. The molecule has 0 saturated carbocycles. The van der Waals surface area contributed by atoms with Gasteiger partial charge in [-0.05, 0) is 6.92 Å². The first-order valence-corrected chi connectivity index (χ1v) is 5.36. The summed E-state index contributed by atoms with van der Waals surface area (Å²) in [5.41, 5.74) is 6.98. The Morgan fingerprint density at radius 1 is 1.59 bits per heavy atom. The Hall–Kier alpha value is -1.75. The zero-order chi connectivity index (χ0) is 13.0. The summed E-state index contributed by atoms with van der Waals surface area (Å²) in [6.45, 7) is 5.29. The molecular formula is C12H16N2O3. The van der Waals surface area contributed by atoms with Crippen LogP contribution in [0.15, 0.2) is 6.20 Å². The molecule has 0 aliphatic carbocycles. The summed E-state index contributed by atoms with van der Waals surface area (Å²) in [5, 5.41) is 0. The van der Waals surface area contributed by atoms with Gasteiger partial charge in [0.25, 0.3) is 0 Å². The van der Waals surface area contributed by atoms with Crippen molar-refractivity contribution < 1.29 is 14.3 Å². The molecule has 0 atom stereocenters. The van der Waals surface area contributed by atoms with E-state index in [1.807, 2.05) is 0 Å². The summed E-state index contributed by atoms with van der Waals surface area (Å²) < 4.78 is 5.23. The normalized spacial score (nSPS) is 10.4. The molecule has 1 aromatic rings. The molecule has 1 rings (SSSR count). The van der Waals surface area contributed by atoms with Crippen molar-refractivity contribution in [2.75, 3.05) is 0 Å². The molecule has 1 aromatic heterocycles. The molecule has 0 saturated heterocycles. The largest absolute Gasteiger partial charge is 0.424 e. The number of aryl methyl sites for hydroxylation is 1. The van der Waals surface area contributed by atoms with Gasteiger partial charge in [-0.2, -0.15) is 0 Å². The fourth-order valence-electron chi connectivity index (χ4n) is 1.32. The van der Waals surface area contributed by atoms with Crippen LogP contribution in [0.2, 0.25) is 0 Å². The number of hydrogen-bond donors (Lipinski definition) is 1. The van der Waals surface area contributed by atoms with Gasteiger partial charge in [0.15, 0.2) is 12.0 Å². The number of rotatable bonds is 4. The maximum Gasteiger partial charge on any atom is 0.313 e. The number of pyridine rings is 1. The summed E-state index contributed by atoms with van der Waals surface area (Å²) >= 11 is 0. The van der Waals surface area contributed by atoms with Crippen LogP contribution in [-0.4, -0.2) is 17.2 Å². The molecule has 92 valence electrons. The fraction of sp³-hybridized carbons (Fsp3) is 0.417. The molecule has 0 fully saturated rings. The number of aldehydes is 1. The molecule has 17 heavy (non-hydrogen) atoms. The monoisotopic (exact) mass is 236 g/mol. The summed E-state index contributed by atoms with van der Waals surface area (Å²) in [6.07, 6.45) is 2.08. The van der Waals surface area contributed by atoms with Crippen molar-refractivity contribution in [2.45, 2.75) is 27.3 Å². The second kappa shape index (κ2) is 5.54. The number of ether oxygens (including phenoxy) is 1. The summed E-state index contributed by atoms with van der Waals surface area (Å²) in [5.74, 6) is -0.316. The quantitative estimate of drug-likeness (QED) is 0.628. The molecule has 0 aromatic carbocycles. The molecule has 0 aliphatic rings. The maximum atomic E-state index is 11.6. The molecule has 0 unspecified atom stereocenters. The first kappa shape index (κ1) is 13.3. The minimum atomic E-state index is -0.368. The lowest BCUT2D eigenvalue weighted by atomic mass is 10.1. The molecule has 0 aliphatic heterocycles.